The van der Waals surface area contributed by atoms with Crippen molar-refractivity contribution >= 4 is 11.4 Å². The molecule has 0 spiro atoms. The van der Waals surface area contributed by atoms with Crippen LogP contribution in [0.1, 0.15) is 12.8 Å². The molecule has 0 aromatic heterocycles. The molecule has 4 N–H and O–H groups in total. The van der Waals surface area contributed by atoms with Crippen molar-refractivity contribution in [1.82, 2.24) is 0 Å². The summed E-state index contributed by atoms with van der Waals surface area (Å²) in [7, 11) is 1.47. The van der Waals surface area contributed by atoms with Gasteiger partial charge in [0.15, 0.2) is 0 Å². The normalized spacial score (nSPS) is 18.1. The van der Waals surface area contributed by atoms with Gasteiger partial charge in [0.05, 0.1) is 24.1 Å². The highest BCUT2D eigenvalue weighted by Gasteiger charge is 2.29. The Morgan fingerprint density at radius 2 is 2.16 bits per heavy atom. The van der Waals surface area contributed by atoms with Gasteiger partial charge in [-0.25, -0.2) is 4.39 Å². The van der Waals surface area contributed by atoms with E-state index in [0.29, 0.717) is 31.8 Å². The summed E-state index contributed by atoms with van der Waals surface area (Å²) in [5.74, 6) is -0.0585. The summed E-state index contributed by atoms with van der Waals surface area (Å²) in [6, 6.07) is 2.70. The largest absolute Gasteiger partial charge is 0.495 e. The molecule has 106 valence electrons. The van der Waals surface area contributed by atoms with E-state index in [-0.39, 0.29) is 17.9 Å². The van der Waals surface area contributed by atoms with Crippen molar-refractivity contribution in [2.75, 3.05) is 37.9 Å². The van der Waals surface area contributed by atoms with E-state index in [1.165, 1.54) is 19.2 Å². The van der Waals surface area contributed by atoms with Gasteiger partial charge in [-0.15, -0.1) is 0 Å². The maximum absolute atomic E-state index is 13.7. The van der Waals surface area contributed by atoms with Crippen molar-refractivity contribution in [3.63, 3.8) is 0 Å². The minimum absolute atomic E-state index is 0.246. The molecular weight excluding hydrogens is 251 g/mol. The van der Waals surface area contributed by atoms with Crippen molar-refractivity contribution in [2.45, 2.75) is 18.4 Å². The van der Waals surface area contributed by atoms with E-state index >= 15 is 0 Å². The first-order valence-corrected chi connectivity index (χ1v) is 6.21. The summed E-state index contributed by atoms with van der Waals surface area (Å²) < 4.78 is 24.0. The van der Waals surface area contributed by atoms with Gasteiger partial charge >= 0.3 is 0 Å². The molecule has 1 aromatic carbocycles. The number of halogens is 1. The zero-order valence-electron chi connectivity index (χ0n) is 10.9. The van der Waals surface area contributed by atoms with Gasteiger partial charge in [0.1, 0.15) is 11.6 Å². The van der Waals surface area contributed by atoms with E-state index in [1.807, 2.05) is 0 Å². The number of nitrogens with two attached hydrogens (primary N) is 1. The van der Waals surface area contributed by atoms with Gasteiger partial charge in [-0.1, -0.05) is 0 Å². The van der Waals surface area contributed by atoms with Crippen LogP contribution in [0.5, 0.6) is 5.75 Å². The summed E-state index contributed by atoms with van der Waals surface area (Å²) in [5, 5.41) is 13.2. The average Bonchev–Trinajstić information content (AvgIpc) is 2.39. The van der Waals surface area contributed by atoms with Crippen LogP contribution in [0.15, 0.2) is 12.1 Å². The molecule has 1 fully saturated rings. The van der Waals surface area contributed by atoms with Crippen LogP contribution in [0, 0.1) is 5.82 Å². The molecule has 0 saturated carbocycles. The van der Waals surface area contributed by atoms with Crippen LogP contribution in [0.25, 0.3) is 0 Å². The Balaban J connectivity index is 2.06. The van der Waals surface area contributed by atoms with Crippen molar-refractivity contribution < 1.29 is 19.0 Å². The molecule has 1 heterocycles. The Labute approximate surface area is 111 Å². The van der Waals surface area contributed by atoms with E-state index in [4.69, 9.17) is 15.2 Å². The maximum Gasteiger partial charge on any atom is 0.148 e. The van der Waals surface area contributed by atoms with E-state index < -0.39 is 11.4 Å². The summed E-state index contributed by atoms with van der Waals surface area (Å²) in [5.41, 5.74) is 5.26. The quantitative estimate of drug-likeness (QED) is 0.720. The van der Waals surface area contributed by atoms with E-state index in [0.717, 1.165) is 0 Å². The van der Waals surface area contributed by atoms with Crippen LogP contribution in [0.4, 0.5) is 15.8 Å². The Morgan fingerprint density at radius 3 is 2.79 bits per heavy atom. The van der Waals surface area contributed by atoms with Crippen molar-refractivity contribution in [3.05, 3.63) is 17.9 Å². The van der Waals surface area contributed by atoms with Crippen molar-refractivity contribution in [2.24, 2.45) is 0 Å². The number of methoxy groups -OCH3 is 1. The highest BCUT2D eigenvalue weighted by Crippen LogP contribution is 2.29. The van der Waals surface area contributed by atoms with E-state index in [9.17, 15) is 9.50 Å². The number of hydrogen-bond acceptors (Lipinski definition) is 5. The van der Waals surface area contributed by atoms with Gasteiger partial charge in [0.25, 0.3) is 0 Å². The molecule has 0 aliphatic carbocycles. The van der Waals surface area contributed by atoms with Crippen LogP contribution in [-0.2, 0) is 4.74 Å². The molecule has 0 amide bonds. The average molecular weight is 270 g/mol. The predicted octanol–water partition coefficient (Wildman–Crippen LogP) is 1.37. The number of hydrogen-bond donors (Lipinski definition) is 3. The second-order valence-corrected chi connectivity index (χ2v) is 4.76. The van der Waals surface area contributed by atoms with Crippen LogP contribution in [0.3, 0.4) is 0 Å². The number of nitrogen functional groups attached to an aromatic ring is 1. The Bertz CT molecular complexity index is 448. The maximum atomic E-state index is 13.7. The molecule has 2 rings (SSSR count). The highest BCUT2D eigenvalue weighted by molar-refractivity contribution is 5.62. The Morgan fingerprint density at radius 1 is 1.47 bits per heavy atom. The number of ether oxygens (including phenoxy) is 2. The third-order valence-corrected chi connectivity index (χ3v) is 3.35. The third-order valence-electron chi connectivity index (χ3n) is 3.35. The molecule has 1 aromatic rings. The van der Waals surface area contributed by atoms with Crippen LogP contribution >= 0.6 is 0 Å². The fourth-order valence-electron chi connectivity index (χ4n) is 2.07. The zero-order valence-corrected chi connectivity index (χ0v) is 10.9. The molecule has 1 saturated heterocycles. The van der Waals surface area contributed by atoms with Crippen LogP contribution in [0.2, 0.25) is 0 Å². The Hall–Kier alpha value is -1.53. The van der Waals surface area contributed by atoms with Crippen molar-refractivity contribution in [1.29, 1.82) is 0 Å². The van der Waals surface area contributed by atoms with E-state index in [1.54, 1.807) is 0 Å². The first kappa shape index (κ1) is 13.9. The number of nitrogens with one attached hydrogen (secondary N) is 1. The molecule has 19 heavy (non-hydrogen) atoms. The number of rotatable bonds is 4. The first-order valence-electron chi connectivity index (χ1n) is 6.21. The lowest BCUT2D eigenvalue weighted by Gasteiger charge is -2.32. The smallest absolute Gasteiger partial charge is 0.148 e. The second-order valence-electron chi connectivity index (χ2n) is 4.76. The number of aliphatic hydroxyl groups is 1. The molecular formula is C13H19FN2O3. The minimum atomic E-state index is -0.862. The van der Waals surface area contributed by atoms with Gasteiger partial charge in [-0.3, -0.25) is 0 Å². The molecule has 0 radical (unpaired) electrons. The SMILES string of the molecule is COc1cc(NCC2(O)CCOCC2)c(F)cc1N. The summed E-state index contributed by atoms with van der Waals surface area (Å²) >= 11 is 0. The summed E-state index contributed by atoms with van der Waals surface area (Å²) in [4.78, 5) is 0. The molecule has 0 atom stereocenters. The van der Waals surface area contributed by atoms with Gasteiger partial charge in [-0.05, 0) is 0 Å². The van der Waals surface area contributed by atoms with Gasteiger partial charge in [-0.2, -0.15) is 0 Å². The van der Waals surface area contributed by atoms with Gasteiger partial charge in [0.2, 0.25) is 0 Å². The number of benzene rings is 1. The highest BCUT2D eigenvalue weighted by atomic mass is 19.1. The lowest BCUT2D eigenvalue weighted by atomic mass is 9.94. The molecule has 6 heteroatoms. The monoisotopic (exact) mass is 270 g/mol. The first-order chi connectivity index (χ1) is 9.04. The lowest BCUT2D eigenvalue weighted by Crippen LogP contribution is -2.42. The molecule has 1 aliphatic rings. The standard InChI is InChI=1S/C13H19FN2O3/c1-18-12-7-11(9(14)6-10(12)15)16-8-13(17)2-4-19-5-3-13/h6-7,16-17H,2-5,8,15H2,1H3. The minimum Gasteiger partial charge on any atom is -0.495 e. The second kappa shape index (κ2) is 5.63. The Kier molecular flexibility index (Phi) is 4.11. The van der Waals surface area contributed by atoms with Crippen LogP contribution < -0.4 is 15.8 Å². The third kappa shape index (κ3) is 3.27. The fraction of sp³-hybridized carbons (Fsp3) is 0.538. The topological polar surface area (TPSA) is 76.7 Å². The van der Waals surface area contributed by atoms with Crippen LogP contribution in [-0.4, -0.2) is 37.6 Å². The zero-order chi connectivity index (χ0) is 13.9. The molecule has 1 aliphatic heterocycles. The van der Waals surface area contributed by atoms with E-state index in [2.05, 4.69) is 5.32 Å². The lowest BCUT2D eigenvalue weighted by molar-refractivity contribution is -0.0543. The molecule has 5 nitrogen and oxygen atoms in total. The fourth-order valence-corrected chi connectivity index (χ4v) is 2.07. The van der Waals surface area contributed by atoms with Crippen molar-refractivity contribution in [3.8, 4) is 5.75 Å². The predicted molar refractivity (Wildman–Crippen MR) is 70.9 cm³/mol. The molecule has 0 bridgehead atoms. The van der Waals surface area contributed by atoms with Gasteiger partial charge < -0.3 is 25.6 Å². The molecule has 0 unspecified atom stereocenters. The number of anilines is 2. The van der Waals surface area contributed by atoms with Gasteiger partial charge in [0, 0.05) is 44.7 Å². The summed E-state index contributed by atoms with van der Waals surface area (Å²) in [6.45, 7) is 1.30. The summed E-state index contributed by atoms with van der Waals surface area (Å²) in [6.07, 6.45) is 1.07.